The van der Waals surface area contributed by atoms with Crippen molar-refractivity contribution in [2.45, 2.75) is 90.3 Å². The first kappa shape index (κ1) is 23.9. The molecule has 0 spiro atoms. The molecule has 2 aliphatic carbocycles. The predicted molar refractivity (Wildman–Crippen MR) is 122 cm³/mol. The van der Waals surface area contributed by atoms with Crippen LogP contribution in [0.15, 0.2) is 42.5 Å². The second-order valence-electron chi connectivity index (χ2n) is 9.55. The van der Waals surface area contributed by atoms with Crippen molar-refractivity contribution < 1.29 is 17.9 Å². The lowest BCUT2D eigenvalue weighted by atomic mass is 9.76. The predicted octanol–water partition coefficient (Wildman–Crippen LogP) is 9.10. The van der Waals surface area contributed by atoms with Crippen molar-refractivity contribution in [1.29, 1.82) is 0 Å². The van der Waals surface area contributed by atoms with Crippen molar-refractivity contribution >= 4 is 5.57 Å². The van der Waals surface area contributed by atoms with Gasteiger partial charge in [-0.25, -0.2) is 0 Å². The van der Waals surface area contributed by atoms with Crippen molar-refractivity contribution in [2.24, 2.45) is 17.8 Å². The zero-order valence-corrected chi connectivity index (χ0v) is 18.9. The van der Waals surface area contributed by atoms with Crippen LogP contribution < -0.4 is 4.74 Å². The molecule has 1 nitrogen and oxygen atoms in total. The lowest BCUT2D eigenvalue weighted by Gasteiger charge is -2.30. The van der Waals surface area contributed by atoms with E-state index in [2.05, 4.69) is 24.3 Å². The molecule has 0 radical (unpaired) electrons. The van der Waals surface area contributed by atoms with E-state index in [-0.39, 0.29) is 5.75 Å². The van der Waals surface area contributed by atoms with Crippen LogP contribution in [0.5, 0.6) is 5.75 Å². The fourth-order valence-electron chi connectivity index (χ4n) is 5.15. The van der Waals surface area contributed by atoms with E-state index in [0.717, 1.165) is 42.6 Å². The van der Waals surface area contributed by atoms with Crippen LogP contribution in [0.25, 0.3) is 5.57 Å². The van der Waals surface area contributed by atoms with E-state index in [1.54, 1.807) is 12.1 Å². The van der Waals surface area contributed by atoms with Gasteiger partial charge in [-0.15, -0.1) is 13.2 Å². The third-order valence-electron chi connectivity index (χ3n) is 7.33. The summed E-state index contributed by atoms with van der Waals surface area (Å²) < 4.78 is 40.9. The third kappa shape index (κ3) is 8.05. The van der Waals surface area contributed by atoms with Crippen LogP contribution in [0.1, 0.15) is 89.5 Å². The third-order valence-corrected chi connectivity index (χ3v) is 7.33. The van der Waals surface area contributed by atoms with Gasteiger partial charge in [-0.1, -0.05) is 69.4 Å². The number of alkyl halides is 3. The van der Waals surface area contributed by atoms with E-state index in [0.29, 0.717) is 0 Å². The maximum absolute atomic E-state index is 12.3. The quantitative estimate of drug-likeness (QED) is 0.352. The van der Waals surface area contributed by atoms with Crippen LogP contribution in [0.4, 0.5) is 13.2 Å². The van der Waals surface area contributed by atoms with Gasteiger partial charge in [-0.2, -0.15) is 0 Å². The highest BCUT2D eigenvalue weighted by molar-refractivity contribution is 5.66. The number of halogens is 3. The first-order valence-electron chi connectivity index (χ1n) is 12.0. The normalized spacial score (nSPS) is 24.5. The molecular formula is C27H37F3O. The Morgan fingerprint density at radius 1 is 0.935 bits per heavy atom. The van der Waals surface area contributed by atoms with Crippen molar-refractivity contribution in [1.82, 2.24) is 0 Å². The number of hydrogen-bond acceptors (Lipinski definition) is 1. The fraction of sp³-hybridized carbons (Fsp3) is 0.630. The van der Waals surface area contributed by atoms with Gasteiger partial charge in [0.2, 0.25) is 0 Å². The minimum Gasteiger partial charge on any atom is -0.406 e. The van der Waals surface area contributed by atoms with Gasteiger partial charge >= 0.3 is 6.36 Å². The fourth-order valence-corrected chi connectivity index (χ4v) is 5.15. The second-order valence-corrected chi connectivity index (χ2v) is 9.55. The first-order valence-corrected chi connectivity index (χ1v) is 12.0. The van der Waals surface area contributed by atoms with Crippen LogP contribution >= 0.6 is 0 Å². The zero-order chi connectivity index (χ0) is 22.3. The van der Waals surface area contributed by atoms with E-state index in [4.69, 9.17) is 0 Å². The average molecular weight is 435 g/mol. The molecule has 1 aromatic carbocycles. The second kappa shape index (κ2) is 11.2. The average Bonchev–Trinajstić information content (AvgIpc) is 2.76. The smallest absolute Gasteiger partial charge is 0.406 e. The molecule has 2 aliphatic rings. The molecule has 1 atom stereocenters. The molecule has 0 aromatic heterocycles. The Labute approximate surface area is 185 Å². The van der Waals surface area contributed by atoms with Gasteiger partial charge in [0, 0.05) is 0 Å². The number of ether oxygens (including phenoxy) is 1. The molecule has 4 heteroatoms. The summed E-state index contributed by atoms with van der Waals surface area (Å²) in [6.45, 7) is 6.34. The molecule has 31 heavy (non-hydrogen) atoms. The largest absolute Gasteiger partial charge is 0.573 e. The van der Waals surface area contributed by atoms with E-state index >= 15 is 0 Å². The molecular weight excluding hydrogens is 397 g/mol. The van der Waals surface area contributed by atoms with Gasteiger partial charge in [0.25, 0.3) is 0 Å². The van der Waals surface area contributed by atoms with Crippen LogP contribution in [0.2, 0.25) is 0 Å². The molecule has 1 aromatic rings. The molecule has 3 rings (SSSR count). The Kier molecular flexibility index (Phi) is 8.68. The van der Waals surface area contributed by atoms with Crippen molar-refractivity contribution in [3.8, 4) is 5.75 Å². The maximum Gasteiger partial charge on any atom is 0.573 e. The Morgan fingerprint density at radius 3 is 2.10 bits per heavy atom. The summed E-state index contributed by atoms with van der Waals surface area (Å²) in [6, 6.07) is 6.29. The number of benzene rings is 1. The van der Waals surface area contributed by atoms with Crippen LogP contribution in [0, 0.1) is 17.8 Å². The minimum atomic E-state index is -4.64. The highest BCUT2D eigenvalue weighted by Gasteiger charge is 2.31. The van der Waals surface area contributed by atoms with Crippen molar-refractivity contribution in [2.75, 3.05) is 0 Å². The number of hydrogen-bond donors (Lipinski definition) is 0. The molecule has 1 unspecified atom stereocenters. The SMILES string of the molecule is C=C(CC)CCC1CCC(CCC2CC=C(c3ccc(OC(F)(F)F)cc3)CC2)CC1. The molecule has 0 heterocycles. The number of allylic oxidation sites excluding steroid dienone is 3. The van der Waals surface area contributed by atoms with Gasteiger partial charge < -0.3 is 4.74 Å². The summed E-state index contributed by atoms with van der Waals surface area (Å²) in [6.07, 6.45) is 12.8. The molecule has 1 fully saturated rings. The van der Waals surface area contributed by atoms with E-state index in [1.807, 2.05) is 0 Å². The topological polar surface area (TPSA) is 9.23 Å². The lowest BCUT2D eigenvalue weighted by molar-refractivity contribution is -0.274. The molecule has 0 saturated heterocycles. The van der Waals surface area contributed by atoms with Gasteiger partial charge in [0.05, 0.1) is 0 Å². The van der Waals surface area contributed by atoms with Crippen molar-refractivity contribution in [3.63, 3.8) is 0 Å². The minimum absolute atomic E-state index is 0.157. The van der Waals surface area contributed by atoms with E-state index in [9.17, 15) is 13.2 Å². The molecule has 0 bridgehead atoms. The van der Waals surface area contributed by atoms with Crippen molar-refractivity contribution in [3.05, 3.63) is 48.1 Å². The highest BCUT2D eigenvalue weighted by atomic mass is 19.4. The summed E-state index contributed by atoms with van der Waals surface area (Å²) in [4.78, 5) is 0. The first-order chi connectivity index (χ1) is 14.8. The summed E-state index contributed by atoms with van der Waals surface area (Å²) in [7, 11) is 0. The molecule has 0 aliphatic heterocycles. The summed E-state index contributed by atoms with van der Waals surface area (Å²) in [5, 5.41) is 0. The molecule has 1 saturated carbocycles. The maximum atomic E-state index is 12.3. The van der Waals surface area contributed by atoms with Crippen LogP contribution in [-0.2, 0) is 0 Å². The monoisotopic (exact) mass is 434 g/mol. The molecule has 172 valence electrons. The Hall–Kier alpha value is -1.71. The van der Waals surface area contributed by atoms with Crippen LogP contribution in [-0.4, -0.2) is 6.36 Å². The zero-order valence-electron chi connectivity index (χ0n) is 18.9. The van der Waals surface area contributed by atoms with E-state index < -0.39 is 6.36 Å². The van der Waals surface area contributed by atoms with E-state index in [1.165, 1.54) is 81.1 Å². The lowest BCUT2D eigenvalue weighted by Crippen LogP contribution is -2.17. The summed E-state index contributed by atoms with van der Waals surface area (Å²) in [5.41, 5.74) is 3.67. The van der Waals surface area contributed by atoms with Gasteiger partial charge in [0.15, 0.2) is 0 Å². The molecule has 0 N–H and O–H groups in total. The van der Waals surface area contributed by atoms with Gasteiger partial charge in [0.1, 0.15) is 5.75 Å². The Morgan fingerprint density at radius 2 is 1.55 bits per heavy atom. The standard InChI is InChI=1S/C27H37F3O/c1-3-20(2)4-5-21-6-8-22(9-7-21)10-11-23-12-14-24(15-13-23)25-16-18-26(19-17-25)31-27(28,29)30/h14,16-19,21-23H,2-13,15H2,1H3. The summed E-state index contributed by atoms with van der Waals surface area (Å²) >= 11 is 0. The Bertz CT molecular complexity index is 724. The highest BCUT2D eigenvalue weighted by Crippen LogP contribution is 2.38. The number of rotatable bonds is 9. The Balaban J connectivity index is 1.37. The van der Waals surface area contributed by atoms with Gasteiger partial charge in [-0.3, -0.25) is 0 Å². The molecule has 0 amide bonds. The van der Waals surface area contributed by atoms with Crippen LogP contribution in [0.3, 0.4) is 0 Å². The summed E-state index contributed by atoms with van der Waals surface area (Å²) in [5.74, 6) is 2.41. The van der Waals surface area contributed by atoms with Gasteiger partial charge in [-0.05, 0) is 86.0 Å².